The summed E-state index contributed by atoms with van der Waals surface area (Å²) in [7, 11) is 3.09. The molecule has 2 rings (SSSR count). The fourth-order valence-electron chi connectivity index (χ4n) is 2.08. The topological polar surface area (TPSA) is 55.8 Å². The van der Waals surface area contributed by atoms with E-state index in [2.05, 4.69) is 0 Å². The van der Waals surface area contributed by atoms with Gasteiger partial charge in [0.2, 0.25) is 0 Å². The van der Waals surface area contributed by atoms with Crippen LogP contribution in [0.3, 0.4) is 0 Å². The summed E-state index contributed by atoms with van der Waals surface area (Å²) >= 11 is 0. The van der Waals surface area contributed by atoms with Gasteiger partial charge in [0.05, 0.1) is 14.2 Å². The van der Waals surface area contributed by atoms with E-state index in [0.29, 0.717) is 22.6 Å². The number of rotatable bonds is 5. The molecule has 1 N–H and O–H groups in total. The number of hydrogen-bond donors (Lipinski definition) is 1. The van der Waals surface area contributed by atoms with E-state index < -0.39 is 0 Å². The molecular formula is C18H18O4. The molecule has 0 bridgehead atoms. The summed E-state index contributed by atoms with van der Waals surface area (Å²) in [4.78, 5) is 12.5. The standard InChI is InChI=1S/C18H18O4/c1-12(17(19)13-6-4-8-15(10-13)21-2)18(20)14-7-5-9-16(11-14)22-3/h4-11,19H,1-3H3. The highest BCUT2D eigenvalue weighted by molar-refractivity contribution is 6.12. The maximum absolute atomic E-state index is 12.5. The molecule has 0 aromatic heterocycles. The van der Waals surface area contributed by atoms with Gasteiger partial charge in [-0.15, -0.1) is 0 Å². The minimum absolute atomic E-state index is 0.0632. The Labute approximate surface area is 129 Å². The van der Waals surface area contributed by atoms with Crippen LogP contribution in [0.25, 0.3) is 5.76 Å². The SMILES string of the molecule is COc1cccc(C(=O)C(C)=C(O)c2cccc(OC)c2)c1. The maximum Gasteiger partial charge on any atom is 0.192 e. The number of Topliss-reactive ketones (excluding diaryl/α,β-unsaturated/α-hetero) is 1. The van der Waals surface area contributed by atoms with Crippen molar-refractivity contribution < 1.29 is 19.4 Å². The Hall–Kier alpha value is -2.75. The van der Waals surface area contributed by atoms with Gasteiger partial charge < -0.3 is 14.6 Å². The Bertz CT molecular complexity index is 717. The zero-order chi connectivity index (χ0) is 16.1. The number of ketones is 1. The highest BCUT2D eigenvalue weighted by atomic mass is 16.5. The van der Waals surface area contributed by atoms with E-state index in [-0.39, 0.29) is 17.1 Å². The van der Waals surface area contributed by atoms with Crippen molar-refractivity contribution in [3.8, 4) is 11.5 Å². The molecule has 0 amide bonds. The smallest absolute Gasteiger partial charge is 0.192 e. The Kier molecular flexibility index (Phi) is 4.84. The van der Waals surface area contributed by atoms with Crippen LogP contribution in [0, 0.1) is 0 Å². The number of carbonyl (C=O) groups excluding carboxylic acids is 1. The van der Waals surface area contributed by atoms with Crippen LogP contribution >= 0.6 is 0 Å². The molecule has 2 aromatic rings. The molecule has 0 aliphatic rings. The first-order chi connectivity index (χ1) is 10.6. The van der Waals surface area contributed by atoms with Gasteiger partial charge in [0, 0.05) is 16.7 Å². The molecule has 4 nitrogen and oxygen atoms in total. The first kappa shape index (κ1) is 15.6. The monoisotopic (exact) mass is 298 g/mol. The normalized spacial score (nSPS) is 11.6. The second-order valence-electron chi connectivity index (χ2n) is 4.77. The number of carbonyl (C=O) groups is 1. The molecule has 0 atom stereocenters. The molecule has 0 aliphatic carbocycles. The number of allylic oxidation sites excluding steroid dienone is 1. The van der Waals surface area contributed by atoms with Crippen LogP contribution in [-0.2, 0) is 0 Å². The first-order valence-electron chi connectivity index (χ1n) is 6.80. The van der Waals surface area contributed by atoms with Gasteiger partial charge in [-0.1, -0.05) is 24.3 Å². The Morgan fingerprint density at radius 3 is 1.95 bits per heavy atom. The van der Waals surface area contributed by atoms with Crippen LogP contribution in [0.15, 0.2) is 54.1 Å². The fourth-order valence-corrected chi connectivity index (χ4v) is 2.08. The molecule has 4 heteroatoms. The number of aliphatic hydroxyl groups excluding tert-OH is 1. The highest BCUT2D eigenvalue weighted by Gasteiger charge is 2.15. The van der Waals surface area contributed by atoms with Crippen molar-refractivity contribution in [2.45, 2.75) is 6.92 Å². The van der Waals surface area contributed by atoms with Crippen molar-refractivity contribution in [3.05, 3.63) is 65.2 Å². The summed E-state index contributed by atoms with van der Waals surface area (Å²) in [5.41, 5.74) is 1.26. The third-order valence-corrected chi connectivity index (χ3v) is 3.37. The van der Waals surface area contributed by atoms with E-state index in [1.54, 1.807) is 69.7 Å². The third-order valence-electron chi connectivity index (χ3n) is 3.37. The van der Waals surface area contributed by atoms with E-state index in [4.69, 9.17) is 9.47 Å². The Morgan fingerprint density at radius 1 is 0.909 bits per heavy atom. The van der Waals surface area contributed by atoms with Crippen LogP contribution in [0.5, 0.6) is 11.5 Å². The quantitative estimate of drug-likeness (QED) is 0.517. The van der Waals surface area contributed by atoms with Gasteiger partial charge in [0.15, 0.2) is 5.78 Å². The lowest BCUT2D eigenvalue weighted by atomic mass is 10.0. The van der Waals surface area contributed by atoms with Gasteiger partial charge in [0.25, 0.3) is 0 Å². The molecule has 0 fully saturated rings. The lowest BCUT2D eigenvalue weighted by Gasteiger charge is -2.08. The third kappa shape index (κ3) is 3.28. The first-order valence-corrected chi connectivity index (χ1v) is 6.80. The molecule has 0 radical (unpaired) electrons. The molecule has 2 aromatic carbocycles. The van der Waals surface area contributed by atoms with E-state index in [0.717, 1.165) is 0 Å². The molecular weight excluding hydrogens is 280 g/mol. The average molecular weight is 298 g/mol. The minimum Gasteiger partial charge on any atom is -0.507 e. The maximum atomic E-state index is 12.5. The van der Waals surface area contributed by atoms with Crippen molar-refractivity contribution in [1.29, 1.82) is 0 Å². The number of hydrogen-bond acceptors (Lipinski definition) is 4. The van der Waals surface area contributed by atoms with Crippen LogP contribution in [0.2, 0.25) is 0 Å². The van der Waals surface area contributed by atoms with Crippen LogP contribution in [-0.4, -0.2) is 25.1 Å². The van der Waals surface area contributed by atoms with E-state index in [1.165, 1.54) is 0 Å². The summed E-state index contributed by atoms with van der Waals surface area (Å²) in [6, 6.07) is 13.8. The van der Waals surface area contributed by atoms with Crippen LogP contribution in [0.4, 0.5) is 0 Å². The zero-order valence-corrected chi connectivity index (χ0v) is 12.8. The number of benzene rings is 2. The second kappa shape index (κ2) is 6.80. The van der Waals surface area contributed by atoms with Crippen molar-refractivity contribution in [2.24, 2.45) is 0 Å². The molecule has 0 heterocycles. The molecule has 0 aliphatic heterocycles. The average Bonchev–Trinajstić information content (AvgIpc) is 2.59. The van der Waals surface area contributed by atoms with Gasteiger partial charge in [-0.05, 0) is 31.2 Å². The molecule has 0 spiro atoms. The fraction of sp³-hybridized carbons (Fsp3) is 0.167. The minimum atomic E-state index is -0.251. The van der Waals surface area contributed by atoms with E-state index in [9.17, 15) is 9.90 Å². The van der Waals surface area contributed by atoms with Crippen LogP contribution < -0.4 is 9.47 Å². The molecule has 0 saturated heterocycles. The lowest BCUT2D eigenvalue weighted by molar-refractivity contribution is 0.103. The highest BCUT2D eigenvalue weighted by Crippen LogP contribution is 2.23. The molecule has 0 unspecified atom stereocenters. The molecule has 22 heavy (non-hydrogen) atoms. The van der Waals surface area contributed by atoms with Gasteiger partial charge in [-0.3, -0.25) is 4.79 Å². The number of ether oxygens (including phenoxy) is 2. The van der Waals surface area contributed by atoms with Crippen molar-refractivity contribution in [3.63, 3.8) is 0 Å². The van der Waals surface area contributed by atoms with Gasteiger partial charge >= 0.3 is 0 Å². The second-order valence-corrected chi connectivity index (χ2v) is 4.77. The lowest BCUT2D eigenvalue weighted by Crippen LogP contribution is -2.04. The Morgan fingerprint density at radius 2 is 1.41 bits per heavy atom. The number of aliphatic hydroxyl groups is 1. The van der Waals surface area contributed by atoms with Gasteiger partial charge in [0.1, 0.15) is 17.3 Å². The van der Waals surface area contributed by atoms with Gasteiger partial charge in [-0.2, -0.15) is 0 Å². The van der Waals surface area contributed by atoms with Crippen molar-refractivity contribution in [2.75, 3.05) is 14.2 Å². The van der Waals surface area contributed by atoms with Crippen LogP contribution in [0.1, 0.15) is 22.8 Å². The largest absolute Gasteiger partial charge is 0.507 e. The summed E-state index contributed by atoms with van der Waals surface area (Å²) in [5.74, 6) is 0.899. The van der Waals surface area contributed by atoms with Crippen molar-refractivity contribution in [1.82, 2.24) is 0 Å². The zero-order valence-electron chi connectivity index (χ0n) is 12.8. The summed E-state index contributed by atoms with van der Waals surface area (Å²) < 4.78 is 10.2. The van der Waals surface area contributed by atoms with E-state index in [1.807, 2.05) is 0 Å². The molecule has 0 saturated carbocycles. The Balaban J connectivity index is 2.38. The summed E-state index contributed by atoms with van der Waals surface area (Å²) in [6.07, 6.45) is 0. The van der Waals surface area contributed by atoms with E-state index >= 15 is 0 Å². The van der Waals surface area contributed by atoms with Crippen molar-refractivity contribution >= 4 is 11.5 Å². The number of methoxy groups -OCH3 is 2. The summed E-state index contributed by atoms with van der Waals surface area (Å²) in [6.45, 7) is 1.59. The summed E-state index contributed by atoms with van der Waals surface area (Å²) in [5, 5.41) is 10.3. The predicted octanol–water partition coefficient (Wildman–Crippen LogP) is 3.88. The molecule has 114 valence electrons. The van der Waals surface area contributed by atoms with Gasteiger partial charge in [-0.25, -0.2) is 0 Å². The predicted molar refractivity (Wildman–Crippen MR) is 85.5 cm³/mol.